The fourth-order valence-corrected chi connectivity index (χ4v) is 4.62. The molecule has 15 heavy (non-hydrogen) atoms. The second-order valence-corrected chi connectivity index (χ2v) is 6.95. The van der Waals surface area contributed by atoms with E-state index in [0.717, 1.165) is 25.2 Å². The maximum absolute atomic E-state index is 10.7. The molecule has 2 rings (SSSR count). The Morgan fingerprint density at radius 2 is 1.47 bits per heavy atom. The largest absolute Gasteiger partial charge is 0.390 e. The Morgan fingerprint density at radius 1 is 1.00 bits per heavy atom. The number of hydrogen-bond acceptors (Lipinski definition) is 1. The third-order valence-electron chi connectivity index (χ3n) is 4.87. The molecular weight excluding hydrogens is 184 g/mol. The smallest absolute Gasteiger partial charge is 0.0658 e. The minimum absolute atomic E-state index is 0.334. The number of aliphatic hydroxyl groups is 1. The summed E-state index contributed by atoms with van der Waals surface area (Å²) in [5.74, 6) is 2.13. The van der Waals surface area contributed by atoms with Gasteiger partial charge in [-0.05, 0) is 55.3 Å². The fraction of sp³-hybridized carbons (Fsp3) is 1.00. The van der Waals surface area contributed by atoms with E-state index in [1.165, 1.54) is 12.8 Å². The van der Waals surface area contributed by atoms with Crippen molar-refractivity contribution in [3.8, 4) is 0 Å². The van der Waals surface area contributed by atoms with E-state index in [0.29, 0.717) is 17.3 Å². The van der Waals surface area contributed by atoms with E-state index in [4.69, 9.17) is 0 Å². The molecule has 2 bridgehead atoms. The summed E-state index contributed by atoms with van der Waals surface area (Å²) in [7, 11) is 0. The second-order valence-electron chi connectivity index (χ2n) is 6.95. The van der Waals surface area contributed by atoms with Crippen molar-refractivity contribution >= 4 is 0 Å². The zero-order valence-corrected chi connectivity index (χ0v) is 10.7. The molecule has 2 aliphatic carbocycles. The summed E-state index contributed by atoms with van der Waals surface area (Å²) in [6, 6.07) is 0. The minimum Gasteiger partial charge on any atom is -0.390 e. The highest BCUT2D eigenvalue weighted by Gasteiger charge is 2.52. The van der Waals surface area contributed by atoms with E-state index < -0.39 is 0 Å². The standard InChI is InChI=1S/C14H26O/c1-10(2)13-5-11(3)7-14(15,9-13)8-12(4)6-13/h10-12,15H,5-9H2,1-4H3/t11-,12+,13-,14?. The molecule has 0 amide bonds. The average molecular weight is 210 g/mol. The topological polar surface area (TPSA) is 20.2 Å². The van der Waals surface area contributed by atoms with Crippen LogP contribution in [0.1, 0.15) is 59.8 Å². The summed E-state index contributed by atoms with van der Waals surface area (Å²) in [5.41, 5.74) is 0.101. The molecule has 1 nitrogen and oxygen atoms in total. The summed E-state index contributed by atoms with van der Waals surface area (Å²) in [6.45, 7) is 9.32. The lowest BCUT2D eigenvalue weighted by Crippen LogP contribution is -2.52. The van der Waals surface area contributed by atoms with Gasteiger partial charge in [-0.1, -0.05) is 27.7 Å². The van der Waals surface area contributed by atoms with Crippen LogP contribution in [0.15, 0.2) is 0 Å². The first-order valence-corrected chi connectivity index (χ1v) is 6.58. The van der Waals surface area contributed by atoms with E-state index in [2.05, 4.69) is 27.7 Å². The van der Waals surface area contributed by atoms with Gasteiger partial charge in [0.15, 0.2) is 0 Å². The second kappa shape index (κ2) is 3.48. The zero-order chi connectivity index (χ0) is 11.3. The molecule has 88 valence electrons. The van der Waals surface area contributed by atoms with Gasteiger partial charge in [-0.2, -0.15) is 0 Å². The lowest BCUT2D eigenvalue weighted by atomic mass is 9.51. The highest BCUT2D eigenvalue weighted by molar-refractivity contribution is 5.03. The van der Waals surface area contributed by atoms with E-state index in [1.54, 1.807) is 0 Å². The molecule has 0 spiro atoms. The van der Waals surface area contributed by atoms with Crippen LogP contribution in [0.25, 0.3) is 0 Å². The number of hydrogen-bond donors (Lipinski definition) is 1. The summed E-state index contributed by atoms with van der Waals surface area (Å²) in [6.07, 6.45) is 5.79. The highest BCUT2D eigenvalue weighted by atomic mass is 16.3. The van der Waals surface area contributed by atoms with Crippen molar-refractivity contribution in [2.75, 3.05) is 0 Å². The Balaban J connectivity index is 2.28. The van der Waals surface area contributed by atoms with Gasteiger partial charge in [-0.3, -0.25) is 0 Å². The minimum atomic E-state index is -0.334. The fourth-order valence-electron chi connectivity index (χ4n) is 4.62. The average Bonchev–Trinajstić information content (AvgIpc) is 1.97. The molecule has 2 fully saturated rings. The van der Waals surface area contributed by atoms with Crippen molar-refractivity contribution in [1.29, 1.82) is 0 Å². The zero-order valence-electron chi connectivity index (χ0n) is 10.7. The molecule has 0 aromatic carbocycles. The molecule has 4 atom stereocenters. The van der Waals surface area contributed by atoms with Crippen LogP contribution in [0.5, 0.6) is 0 Å². The van der Waals surface area contributed by atoms with Gasteiger partial charge in [0.25, 0.3) is 0 Å². The van der Waals surface area contributed by atoms with Crippen LogP contribution < -0.4 is 0 Å². The normalized spacial score (nSPS) is 50.8. The quantitative estimate of drug-likeness (QED) is 0.701. The molecule has 0 aromatic rings. The Hall–Kier alpha value is -0.0400. The van der Waals surface area contributed by atoms with Gasteiger partial charge in [0.2, 0.25) is 0 Å². The van der Waals surface area contributed by atoms with E-state index in [1.807, 2.05) is 0 Å². The van der Waals surface area contributed by atoms with Crippen molar-refractivity contribution in [2.24, 2.45) is 23.2 Å². The van der Waals surface area contributed by atoms with Crippen LogP contribution in [0.4, 0.5) is 0 Å². The molecule has 0 saturated heterocycles. The van der Waals surface area contributed by atoms with Crippen LogP contribution in [-0.2, 0) is 0 Å². The maximum Gasteiger partial charge on any atom is 0.0658 e. The molecule has 0 heterocycles. The number of rotatable bonds is 1. The predicted octanol–water partition coefficient (Wildman–Crippen LogP) is 3.61. The third-order valence-corrected chi connectivity index (χ3v) is 4.87. The molecule has 1 N–H and O–H groups in total. The van der Waals surface area contributed by atoms with Crippen molar-refractivity contribution in [1.82, 2.24) is 0 Å². The van der Waals surface area contributed by atoms with Crippen LogP contribution >= 0.6 is 0 Å². The molecule has 0 radical (unpaired) electrons. The predicted molar refractivity (Wildman–Crippen MR) is 63.6 cm³/mol. The molecule has 0 aromatic heterocycles. The molecule has 1 unspecified atom stereocenters. The summed E-state index contributed by atoms with van der Waals surface area (Å²) >= 11 is 0. The lowest BCUT2D eigenvalue weighted by Gasteiger charge is -2.56. The monoisotopic (exact) mass is 210 g/mol. The molecule has 0 aliphatic heterocycles. The molecule has 1 heteroatoms. The van der Waals surface area contributed by atoms with E-state index >= 15 is 0 Å². The van der Waals surface area contributed by atoms with Gasteiger partial charge >= 0.3 is 0 Å². The van der Waals surface area contributed by atoms with Crippen LogP contribution in [0.2, 0.25) is 0 Å². The Morgan fingerprint density at radius 3 is 1.87 bits per heavy atom. The first-order chi connectivity index (χ1) is 6.85. The SMILES string of the molecule is CC(C)[C@@]12C[C@H](C)CC(O)(C[C@H](C)C1)C2. The Bertz CT molecular complexity index is 230. The lowest BCUT2D eigenvalue weighted by molar-refractivity contribution is -0.135. The van der Waals surface area contributed by atoms with Gasteiger partial charge < -0.3 is 5.11 Å². The third kappa shape index (κ3) is 1.95. The van der Waals surface area contributed by atoms with Gasteiger partial charge in [-0.25, -0.2) is 0 Å². The van der Waals surface area contributed by atoms with Crippen molar-refractivity contribution < 1.29 is 5.11 Å². The van der Waals surface area contributed by atoms with Gasteiger partial charge in [0.1, 0.15) is 0 Å². The number of fused-ring (bicyclic) bond motifs is 2. The Labute approximate surface area is 94.3 Å². The first-order valence-electron chi connectivity index (χ1n) is 6.58. The van der Waals surface area contributed by atoms with Crippen molar-refractivity contribution in [3.63, 3.8) is 0 Å². The van der Waals surface area contributed by atoms with Crippen molar-refractivity contribution in [3.05, 3.63) is 0 Å². The summed E-state index contributed by atoms with van der Waals surface area (Å²) in [5, 5.41) is 10.7. The van der Waals surface area contributed by atoms with Crippen molar-refractivity contribution in [2.45, 2.75) is 65.4 Å². The molecule has 2 aliphatic rings. The molecule has 2 saturated carbocycles. The van der Waals surface area contributed by atoms with E-state index in [9.17, 15) is 5.11 Å². The first kappa shape index (κ1) is 11.4. The van der Waals surface area contributed by atoms with E-state index in [-0.39, 0.29) is 5.60 Å². The van der Waals surface area contributed by atoms with Gasteiger partial charge in [0, 0.05) is 0 Å². The van der Waals surface area contributed by atoms with Gasteiger partial charge in [0.05, 0.1) is 5.60 Å². The maximum atomic E-state index is 10.7. The Kier molecular flexibility index (Phi) is 2.65. The summed E-state index contributed by atoms with van der Waals surface area (Å²) in [4.78, 5) is 0. The molecular formula is C14H26O. The van der Waals surface area contributed by atoms with Crippen LogP contribution in [0, 0.1) is 23.2 Å². The van der Waals surface area contributed by atoms with Crippen LogP contribution in [0.3, 0.4) is 0 Å². The van der Waals surface area contributed by atoms with Gasteiger partial charge in [-0.15, -0.1) is 0 Å². The summed E-state index contributed by atoms with van der Waals surface area (Å²) < 4.78 is 0. The van der Waals surface area contributed by atoms with Crippen LogP contribution in [-0.4, -0.2) is 10.7 Å². The highest BCUT2D eigenvalue weighted by Crippen LogP contribution is 2.57.